The first-order valence-electron chi connectivity index (χ1n) is 2.59. The van der Waals surface area contributed by atoms with Crippen molar-refractivity contribution in [3.8, 4) is 0 Å². The smallest absolute Gasteiger partial charge is 0.790 e. The number of aliphatic hydroxyl groups is 1. The molecule has 0 fully saturated rings. The molecule has 0 spiro atoms. The Morgan fingerprint density at radius 2 is 1.06 bits per heavy atom. The fourth-order valence-electron chi connectivity index (χ4n) is 0.432. The van der Waals surface area contributed by atoms with Crippen LogP contribution in [-0.2, 0) is 18.2 Å². The maximum atomic E-state index is 9.85. The molecule has 1 N–H and O–H groups in total. The zero-order chi connectivity index (χ0) is 10.9. The number of hydrogen-bond acceptors (Lipinski definition) is 9. The van der Waals surface area contributed by atoms with Crippen LogP contribution in [0.1, 0.15) is 6.92 Å². The molecule has 0 aromatic carbocycles. The molecule has 0 radical (unpaired) electrons. The summed E-state index contributed by atoms with van der Waals surface area (Å²) in [6, 6.07) is 0. The second-order valence-electron chi connectivity index (χ2n) is 1.97. The van der Waals surface area contributed by atoms with Crippen LogP contribution in [0, 0.1) is 0 Å². The van der Waals surface area contributed by atoms with Gasteiger partial charge in [-0.15, -0.1) is 0 Å². The Balaban J connectivity index is -0.000000120. The van der Waals surface area contributed by atoms with E-state index in [1.807, 2.05) is 0 Å². The summed E-state index contributed by atoms with van der Waals surface area (Å²) in [5, 5.41) is 8.60. The summed E-state index contributed by atoms with van der Waals surface area (Å²) in [6.07, 6.45) is 0. The summed E-state index contributed by atoms with van der Waals surface area (Å²) in [7, 11) is -11.3. The van der Waals surface area contributed by atoms with Crippen molar-refractivity contribution in [1.82, 2.24) is 0 Å². The minimum absolute atomic E-state index is 0. The van der Waals surface area contributed by atoms with Crippen LogP contribution in [0.25, 0.3) is 0 Å². The van der Waals surface area contributed by atoms with E-state index in [9.17, 15) is 28.7 Å². The van der Waals surface area contributed by atoms with Crippen LogP contribution < -0.4 is 138 Å². The predicted molar refractivity (Wildman–Crippen MR) is 28.0 cm³/mol. The van der Waals surface area contributed by atoms with Crippen molar-refractivity contribution < 1.29 is 161 Å². The van der Waals surface area contributed by atoms with Gasteiger partial charge in [0.15, 0.2) is 0 Å². The van der Waals surface area contributed by atoms with Gasteiger partial charge in [0.1, 0.15) is 0 Å². The summed E-state index contributed by atoms with van der Waals surface area (Å²) in [5.74, 6) is -3.31. The molecule has 9 nitrogen and oxygen atoms in total. The van der Waals surface area contributed by atoms with Crippen LogP contribution >= 0.6 is 15.6 Å². The molecule has 0 unspecified atom stereocenters. The van der Waals surface area contributed by atoms with E-state index in [2.05, 4.69) is 9.05 Å². The Morgan fingerprint density at radius 3 is 1.18 bits per heavy atom. The molecule has 0 atom stereocenters. The molecule has 0 bridgehead atoms. The summed E-state index contributed by atoms with van der Waals surface area (Å²) in [6.45, 7) is 0.359. The maximum Gasteiger partial charge on any atom is 1.00 e. The largest absolute Gasteiger partial charge is 1.00 e. The molecule has 0 saturated carbocycles. The van der Waals surface area contributed by atoms with E-state index in [4.69, 9.17) is 5.11 Å². The Kier molecular flexibility index (Phi) is 24.6. The summed E-state index contributed by atoms with van der Waals surface area (Å²) < 4.78 is 26.1. The van der Waals surface area contributed by atoms with Gasteiger partial charge >= 0.3 is 118 Å². The summed E-state index contributed by atoms with van der Waals surface area (Å²) in [4.78, 5) is 39.4. The third kappa shape index (κ3) is 25.5. The van der Waals surface area contributed by atoms with Gasteiger partial charge in [-0.25, -0.2) is 0 Å². The normalized spacial score (nSPS) is 11.2. The minimum atomic E-state index is -5.65. The molecular weight excluding hydrogens is 322 g/mol. The quantitative estimate of drug-likeness (QED) is 0.300. The Hall–Kier alpha value is 4.18. The van der Waals surface area contributed by atoms with Gasteiger partial charge in [-0.1, -0.05) is 0 Å². The van der Waals surface area contributed by atoms with Crippen LogP contribution in [0.5, 0.6) is 0 Å². The van der Waals surface area contributed by atoms with Gasteiger partial charge in [-0.05, 0) is 0 Å². The molecule has 0 heterocycles. The first kappa shape index (κ1) is 32.9. The van der Waals surface area contributed by atoms with Gasteiger partial charge in [-0.2, -0.15) is 0 Å². The van der Waals surface area contributed by atoms with Gasteiger partial charge in [-0.3, -0.25) is 9.05 Å². The van der Waals surface area contributed by atoms with E-state index in [-0.39, 0.29) is 118 Å². The molecule has 0 amide bonds. The molecule has 0 aromatic heterocycles. The van der Waals surface area contributed by atoms with Gasteiger partial charge in [0.25, 0.3) is 5.97 Å². The van der Waals surface area contributed by atoms with Crippen molar-refractivity contribution in [1.29, 1.82) is 0 Å². The van der Waals surface area contributed by atoms with E-state index < -0.39 is 21.6 Å². The molecule has 15 heteroatoms. The van der Waals surface area contributed by atoms with Gasteiger partial charge in [0, 0.05) is 6.92 Å². The van der Waals surface area contributed by atoms with Gasteiger partial charge < -0.3 is 33.8 Å². The number of phosphoric ester groups is 2. The molecule has 80 valence electrons. The Bertz CT molecular complexity index is 244. The van der Waals surface area contributed by atoms with Crippen LogP contribution in [0.15, 0.2) is 0 Å². The molecular formula is C2H4Na4O9P2. The van der Waals surface area contributed by atoms with E-state index in [0.29, 0.717) is 6.92 Å². The predicted octanol–water partition coefficient (Wildman–Crippen LogP) is -15.6. The van der Waals surface area contributed by atoms with Crippen molar-refractivity contribution in [3.63, 3.8) is 0 Å². The van der Waals surface area contributed by atoms with Gasteiger partial charge in [0.05, 0.1) is 15.6 Å². The van der Waals surface area contributed by atoms with Crippen molar-refractivity contribution in [3.05, 3.63) is 0 Å². The SMILES string of the molecule is CC(O)(OP(=O)([O-])[O-])OP(=O)([O-])[O-].[Na+].[Na+].[Na+].[Na+]. The molecule has 0 aliphatic heterocycles. The average molecular weight is 326 g/mol. The average Bonchev–Trinajstić information content (AvgIpc) is 1.43. The van der Waals surface area contributed by atoms with Crippen LogP contribution in [-0.4, -0.2) is 11.1 Å². The van der Waals surface area contributed by atoms with Crippen LogP contribution in [0.4, 0.5) is 0 Å². The van der Waals surface area contributed by atoms with Crippen LogP contribution in [0.3, 0.4) is 0 Å². The van der Waals surface area contributed by atoms with Gasteiger partial charge in [0.2, 0.25) is 0 Å². The Labute approximate surface area is 186 Å². The van der Waals surface area contributed by atoms with Crippen molar-refractivity contribution >= 4 is 15.6 Å². The second kappa shape index (κ2) is 12.7. The molecule has 0 aromatic rings. The fraction of sp³-hybridized carbons (Fsp3) is 1.00. The van der Waals surface area contributed by atoms with Crippen molar-refractivity contribution in [2.75, 3.05) is 0 Å². The van der Waals surface area contributed by atoms with E-state index in [1.54, 1.807) is 0 Å². The molecule has 0 aliphatic rings. The molecule has 0 aliphatic carbocycles. The summed E-state index contributed by atoms with van der Waals surface area (Å²) >= 11 is 0. The first-order chi connectivity index (χ1) is 5.41. The third-order valence-electron chi connectivity index (χ3n) is 0.562. The van der Waals surface area contributed by atoms with E-state index in [1.165, 1.54) is 0 Å². The molecule has 0 saturated heterocycles. The second-order valence-corrected chi connectivity index (χ2v) is 4.13. The standard InChI is InChI=1S/C2H8O9P2.4Na/c1-2(3,10-12(4,5)6)11-13(7,8)9;;;;/h3H,1H3,(H2,4,5,6)(H2,7,8,9);;;;/q;4*+1/p-4. The zero-order valence-corrected chi connectivity index (χ0v) is 19.9. The topological polar surface area (TPSA) is 165 Å². The van der Waals surface area contributed by atoms with Crippen molar-refractivity contribution in [2.45, 2.75) is 12.9 Å². The number of rotatable bonds is 4. The monoisotopic (exact) mass is 326 g/mol. The van der Waals surface area contributed by atoms with Crippen LogP contribution in [0.2, 0.25) is 0 Å². The van der Waals surface area contributed by atoms with E-state index >= 15 is 0 Å². The molecule has 0 rings (SSSR count). The zero-order valence-electron chi connectivity index (χ0n) is 10.1. The number of phosphoric acid groups is 2. The Morgan fingerprint density at radius 1 is 0.882 bits per heavy atom. The summed E-state index contributed by atoms with van der Waals surface area (Å²) in [5.41, 5.74) is 0. The minimum Gasteiger partial charge on any atom is -0.790 e. The van der Waals surface area contributed by atoms with Crippen molar-refractivity contribution in [2.24, 2.45) is 0 Å². The molecule has 17 heavy (non-hydrogen) atoms. The third-order valence-corrected chi connectivity index (χ3v) is 1.69. The first-order valence-corrected chi connectivity index (χ1v) is 5.51. The van der Waals surface area contributed by atoms with E-state index in [0.717, 1.165) is 0 Å². The fourth-order valence-corrected chi connectivity index (χ4v) is 1.39. The number of hydrogen-bond donors (Lipinski definition) is 1. The maximum absolute atomic E-state index is 9.85.